The molecule has 34 heavy (non-hydrogen) atoms. The van der Waals surface area contributed by atoms with E-state index in [0.717, 1.165) is 62.4 Å². The van der Waals surface area contributed by atoms with Crippen LogP contribution >= 0.6 is 11.8 Å². The maximum absolute atomic E-state index is 13.3. The first-order valence-electron chi connectivity index (χ1n) is 12.6. The van der Waals surface area contributed by atoms with Crippen LogP contribution in [0.4, 0.5) is 0 Å². The number of carbonyl (C=O) groups is 2. The minimum atomic E-state index is 0.0823. The molecule has 2 fully saturated rings. The first kappa shape index (κ1) is 24.8. The molecule has 0 radical (unpaired) electrons. The highest BCUT2D eigenvalue weighted by atomic mass is 32.2. The van der Waals surface area contributed by atoms with Gasteiger partial charge in [0, 0.05) is 50.7 Å². The number of amides is 2. The molecule has 0 bridgehead atoms. The van der Waals surface area contributed by atoms with Crippen molar-refractivity contribution in [2.45, 2.75) is 49.5 Å². The number of hydrogen-bond donors (Lipinski definition) is 0. The fourth-order valence-electron chi connectivity index (χ4n) is 4.96. The predicted octanol–water partition coefficient (Wildman–Crippen LogP) is 4.57. The van der Waals surface area contributed by atoms with Crippen molar-refractivity contribution in [3.8, 4) is 0 Å². The van der Waals surface area contributed by atoms with Crippen LogP contribution < -0.4 is 0 Å². The summed E-state index contributed by atoms with van der Waals surface area (Å²) in [7, 11) is 1.94. The zero-order chi connectivity index (χ0) is 23.8. The Balaban J connectivity index is 1.28. The molecule has 2 aliphatic rings. The summed E-state index contributed by atoms with van der Waals surface area (Å²) >= 11 is 1.50. The van der Waals surface area contributed by atoms with Crippen LogP contribution in [0.25, 0.3) is 0 Å². The second-order valence-electron chi connectivity index (χ2n) is 9.45. The number of rotatable bonds is 8. The normalized spacial score (nSPS) is 17.5. The molecule has 4 rings (SSSR count). The molecule has 2 amide bonds. The van der Waals surface area contributed by atoms with E-state index >= 15 is 0 Å². The molecule has 2 aromatic rings. The van der Waals surface area contributed by atoms with Crippen LogP contribution in [0.5, 0.6) is 0 Å². The SMILES string of the molecule is CN(C(=O)CSc1ccccc1C(=O)N1CCN(CCc2ccccc2)CC1)C1CCCCC1. The number of carbonyl (C=O) groups excluding carboxylic acids is 2. The summed E-state index contributed by atoms with van der Waals surface area (Å²) in [5.41, 5.74) is 2.08. The van der Waals surface area contributed by atoms with Crippen molar-refractivity contribution in [1.29, 1.82) is 0 Å². The molecule has 182 valence electrons. The number of nitrogens with zero attached hydrogens (tertiary/aromatic N) is 3. The van der Waals surface area contributed by atoms with Gasteiger partial charge in [-0.1, -0.05) is 61.7 Å². The number of benzene rings is 2. The number of hydrogen-bond acceptors (Lipinski definition) is 4. The van der Waals surface area contributed by atoms with E-state index in [9.17, 15) is 9.59 Å². The van der Waals surface area contributed by atoms with Crippen molar-refractivity contribution in [2.24, 2.45) is 0 Å². The van der Waals surface area contributed by atoms with E-state index in [0.29, 0.717) is 11.8 Å². The van der Waals surface area contributed by atoms with Crippen molar-refractivity contribution in [3.63, 3.8) is 0 Å². The van der Waals surface area contributed by atoms with Crippen LogP contribution in [0.1, 0.15) is 48.0 Å². The highest BCUT2D eigenvalue weighted by molar-refractivity contribution is 8.00. The van der Waals surface area contributed by atoms with Crippen molar-refractivity contribution < 1.29 is 9.59 Å². The zero-order valence-electron chi connectivity index (χ0n) is 20.3. The Labute approximate surface area is 208 Å². The second kappa shape index (κ2) is 12.4. The lowest BCUT2D eigenvalue weighted by molar-refractivity contribution is -0.129. The molecule has 1 aliphatic heterocycles. The summed E-state index contributed by atoms with van der Waals surface area (Å²) < 4.78 is 0. The van der Waals surface area contributed by atoms with Gasteiger partial charge in [0.2, 0.25) is 5.91 Å². The minimum Gasteiger partial charge on any atom is -0.342 e. The number of piperazine rings is 1. The van der Waals surface area contributed by atoms with Gasteiger partial charge in [-0.2, -0.15) is 0 Å². The van der Waals surface area contributed by atoms with Crippen molar-refractivity contribution in [3.05, 3.63) is 65.7 Å². The van der Waals surface area contributed by atoms with Gasteiger partial charge in [0.25, 0.3) is 5.91 Å². The predicted molar refractivity (Wildman–Crippen MR) is 139 cm³/mol. The van der Waals surface area contributed by atoms with Crippen LogP contribution in [0, 0.1) is 0 Å². The first-order chi connectivity index (χ1) is 16.6. The first-order valence-corrected chi connectivity index (χ1v) is 13.6. The van der Waals surface area contributed by atoms with Gasteiger partial charge >= 0.3 is 0 Å². The topological polar surface area (TPSA) is 43.9 Å². The summed E-state index contributed by atoms with van der Waals surface area (Å²) in [6, 6.07) is 18.7. The Morgan fingerprint density at radius 2 is 1.59 bits per heavy atom. The van der Waals surface area contributed by atoms with Crippen LogP contribution in [-0.4, -0.2) is 78.1 Å². The van der Waals surface area contributed by atoms with E-state index < -0.39 is 0 Å². The van der Waals surface area contributed by atoms with E-state index in [2.05, 4.69) is 35.2 Å². The largest absolute Gasteiger partial charge is 0.342 e. The molecule has 6 heteroatoms. The fourth-order valence-corrected chi connectivity index (χ4v) is 5.93. The van der Waals surface area contributed by atoms with Crippen molar-refractivity contribution >= 4 is 23.6 Å². The van der Waals surface area contributed by atoms with Crippen LogP contribution in [0.15, 0.2) is 59.5 Å². The Kier molecular flexibility index (Phi) is 9.05. The lowest BCUT2D eigenvalue weighted by Gasteiger charge is -2.35. The summed E-state index contributed by atoms with van der Waals surface area (Å²) in [5, 5.41) is 0. The second-order valence-corrected chi connectivity index (χ2v) is 10.5. The standard InChI is InChI=1S/C28H37N3O2S/c1-29(24-12-6-3-7-13-24)27(32)22-34-26-15-9-8-14-25(26)28(33)31-20-18-30(19-21-31)17-16-23-10-4-2-5-11-23/h2,4-5,8-11,14-15,24H,3,6-7,12-13,16-22H2,1H3. The van der Waals surface area contributed by atoms with Crippen molar-refractivity contribution in [1.82, 2.24) is 14.7 Å². The van der Waals surface area contributed by atoms with Gasteiger partial charge in [0.1, 0.15) is 0 Å². The van der Waals surface area contributed by atoms with Crippen molar-refractivity contribution in [2.75, 3.05) is 45.5 Å². The third-order valence-corrected chi connectivity index (χ3v) is 8.26. The molecule has 1 saturated carbocycles. The van der Waals surface area contributed by atoms with E-state index in [-0.39, 0.29) is 11.8 Å². The fraction of sp³-hybridized carbons (Fsp3) is 0.500. The summed E-state index contributed by atoms with van der Waals surface area (Å²) in [6.07, 6.45) is 6.97. The average Bonchev–Trinajstić information content (AvgIpc) is 2.91. The molecule has 0 aromatic heterocycles. The molecule has 2 aromatic carbocycles. The lowest BCUT2D eigenvalue weighted by atomic mass is 9.94. The highest BCUT2D eigenvalue weighted by Crippen LogP contribution is 2.26. The summed E-state index contributed by atoms with van der Waals surface area (Å²) in [4.78, 5) is 33.4. The van der Waals surface area contributed by atoms with E-state index in [4.69, 9.17) is 0 Å². The third kappa shape index (κ3) is 6.63. The quantitative estimate of drug-likeness (QED) is 0.520. The Bertz CT molecular complexity index is 938. The monoisotopic (exact) mass is 479 g/mol. The minimum absolute atomic E-state index is 0.0823. The van der Waals surface area contributed by atoms with Gasteiger partial charge in [0.05, 0.1) is 11.3 Å². The Hall–Kier alpha value is -2.31. The highest BCUT2D eigenvalue weighted by Gasteiger charge is 2.25. The van der Waals surface area contributed by atoms with E-state index in [1.165, 1.54) is 36.6 Å². The lowest BCUT2D eigenvalue weighted by Crippen LogP contribution is -2.49. The van der Waals surface area contributed by atoms with E-state index in [1.54, 1.807) is 0 Å². The van der Waals surface area contributed by atoms with Gasteiger partial charge in [0.15, 0.2) is 0 Å². The molecule has 1 saturated heterocycles. The molecule has 0 N–H and O–H groups in total. The maximum Gasteiger partial charge on any atom is 0.255 e. The molecular weight excluding hydrogens is 442 g/mol. The van der Waals surface area contributed by atoms with Gasteiger partial charge < -0.3 is 9.80 Å². The molecule has 5 nitrogen and oxygen atoms in total. The third-order valence-electron chi connectivity index (χ3n) is 7.20. The molecule has 1 heterocycles. The van der Waals surface area contributed by atoms with E-state index in [1.807, 2.05) is 41.1 Å². The molecule has 0 spiro atoms. The zero-order valence-corrected chi connectivity index (χ0v) is 21.1. The smallest absolute Gasteiger partial charge is 0.255 e. The average molecular weight is 480 g/mol. The number of thioether (sulfide) groups is 1. The van der Waals surface area contributed by atoms with Gasteiger partial charge in [-0.3, -0.25) is 14.5 Å². The van der Waals surface area contributed by atoms with Crippen LogP contribution in [-0.2, 0) is 11.2 Å². The molecule has 0 unspecified atom stereocenters. The van der Waals surface area contributed by atoms with Crippen LogP contribution in [0.2, 0.25) is 0 Å². The summed E-state index contributed by atoms with van der Waals surface area (Å²) in [6.45, 7) is 4.32. The molecular formula is C28H37N3O2S. The maximum atomic E-state index is 13.3. The Morgan fingerprint density at radius 1 is 0.912 bits per heavy atom. The Morgan fingerprint density at radius 3 is 2.32 bits per heavy atom. The van der Waals surface area contributed by atoms with Gasteiger partial charge in [-0.15, -0.1) is 11.8 Å². The van der Waals surface area contributed by atoms with Gasteiger partial charge in [-0.05, 0) is 37.0 Å². The summed E-state index contributed by atoms with van der Waals surface area (Å²) in [5.74, 6) is 0.620. The molecule has 1 aliphatic carbocycles. The van der Waals surface area contributed by atoms with Crippen LogP contribution in [0.3, 0.4) is 0 Å². The molecule has 0 atom stereocenters. The van der Waals surface area contributed by atoms with Gasteiger partial charge in [-0.25, -0.2) is 0 Å².